The molecular formula is C13H16N2OS. The largest absolute Gasteiger partial charge is 0.397 e. The lowest BCUT2D eigenvalue weighted by molar-refractivity contribution is 0.0779. The summed E-state index contributed by atoms with van der Waals surface area (Å²) in [5.74, 6) is 0.0358. The van der Waals surface area contributed by atoms with Crippen LogP contribution in [0.2, 0.25) is 0 Å². The Morgan fingerprint density at radius 2 is 1.94 bits per heavy atom. The van der Waals surface area contributed by atoms with Gasteiger partial charge in [-0.15, -0.1) is 11.3 Å². The lowest BCUT2D eigenvalue weighted by Gasteiger charge is -2.17. The van der Waals surface area contributed by atoms with E-state index in [0.717, 1.165) is 10.1 Å². The average molecular weight is 248 g/mol. The standard InChI is InChI=1S/C13H16N2OS/c1-3-15(4-2)13(16)12-11(14)9-7-5-6-8-10(9)17-12/h5-8H,3-4,14H2,1-2H3. The summed E-state index contributed by atoms with van der Waals surface area (Å²) in [4.78, 5) is 14.7. The number of nitrogens with two attached hydrogens (primary N) is 1. The molecule has 0 aliphatic carbocycles. The topological polar surface area (TPSA) is 46.3 Å². The quantitative estimate of drug-likeness (QED) is 0.907. The van der Waals surface area contributed by atoms with Crippen LogP contribution in [0.4, 0.5) is 5.69 Å². The van der Waals surface area contributed by atoms with Gasteiger partial charge in [-0.05, 0) is 19.9 Å². The SMILES string of the molecule is CCN(CC)C(=O)c1sc2ccccc2c1N. The molecule has 4 heteroatoms. The van der Waals surface area contributed by atoms with Gasteiger partial charge in [0.2, 0.25) is 0 Å². The van der Waals surface area contributed by atoms with E-state index in [1.807, 2.05) is 38.1 Å². The van der Waals surface area contributed by atoms with Crippen molar-refractivity contribution in [3.63, 3.8) is 0 Å². The first kappa shape index (κ1) is 11.9. The van der Waals surface area contributed by atoms with E-state index in [9.17, 15) is 4.79 Å². The minimum atomic E-state index is 0.0358. The molecule has 1 heterocycles. The number of carbonyl (C=O) groups excluding carboxylic acids is 1. The number of carbonyl (C=O) groups is 1. The minimum absolute atomic E-state index is 0.0358. The Morgan fingerprint density at radius 1 is 1.29 bits per heavy atom. The third kappa shape index (κ3) is 2.00. The van der Waals surface area contributed by atoms with Gasteiger partial charge in [-0.1, -0.05) is 18.2 Å². The molecule has 1 aromatic carbocycles. The number of hydrogen-bond acceptors (Lipinski definition) is 3. The maximum Gasteiger partial charge on any atom is 0.266 e. The molecule has 0 aliphatic rings. The van der Waals surface area contributed by atoms with Crippen molar-refractivity contribution in [3.8, 4) is 0 Å². The van der Waals surface area contributed by atoms with Crippen LogP contribution < -0.4 is 5.73 Å². The number of amides is 1. The molecule has 0 atom stereocenters. The number of nitrogens with zero attached hydrogens (tertiary/aromatic N) is 1. The third-order valence-electron chi connectivity index (χ3n) is 2.88. The van der Waals surface area contributed by atoms with Gasteiger partial charge in [-0.3, -0.25) is 4.79 Å². The molecule has 2 aromatic rings. The van der Waals surface area contributed by atoms with E-state index in [-0.39, 0.29) is 5.91 Å². The van der Waals surface area contributed by atoms with Crippen LogP contribution in [0.1, 0.15) is 23.5 Å². The Hall–Kier alpha value is -1.55. The summed E-state index contributed by atoms with van der Waals surface area (Å²) in [5.41, 5.74) is 6.66. The van der Waals surface area contributed by atoms with Crippen LogP contribution >= 0.6 is 11.3 Å². The van der Waals surface area contributed by atoms with E-state index in [2.05, 4.69) is 0 Å². The van der Waals surface area contributed by atoms with Gasteiger partial charge in [0.1, 0.15) is 4.88 Å². The van der Waals surface area contributed by atoms with E-state index >= 15 is 0 Å². The van der Waals surface area contributed by atoms with Crippen LogP contribution in [0.15, 0.2) is 24.3 Å². The highest BCUT2D eigenvalue weighted by Gasteiger charge is 2.19. The van der Waals surface area contributed by atoms with Gasteiger partial charge < -0.3 is 10.6 Å². The van der Waals surface area contributed by atoms with Gasteiger partial charge in [0, 0.05) is 23.2 Å². The number of benzene rings is 1. The smallest absolute Gasteiger partial charge is 0.266 e. The second kappa shape index (κ2) is 4.75. The van der Waals surface area contributed by atoms with Gasteiger partial charge in [0.05, 0.1) is 5.69 Å². The van der Waals surface area contributed by atoms with Crippen molar-refractivity contribution in [2.24, 2.45) is 0 Å². The fourth-order valence-electron chi connectivity index (χ4n) is 1.88. The van der Waals surface area contributed by atoms with Crippen LogP contribution in [0.25, 0.3) is 10.1 Å². The summed E-state index contributed by atoms with van der Waals surface area (Å²) in [6, 6.07) is 7.86. The second-order valence-electron chi connectivity index (χ2n) is 3.82. The van der Waals surface area contributed by atoms with E-state index in [1.165, 1.54) is 11.3 Å². The van der Waals surface area contributed by atoms with Crippen molar-refractivity contribution in [2.45, 2.75) is 13.8 Å². The summed E-state index contributed by atoms with van der Waals surface area (Å²) in [6.45, 7) is 5.38. The van der Waals surface area contributed by atoms with Crippen molar-refractivity contribution in [2.75, 3.05) is 18.8 Å². The summed E-state index contributed by atoms with van der Waals surface area (Å²) < 4.78 is 1.07. The first-order valence-corrected chi connectivity index (χ1v) is 6.57. The lowest BCUT2D eigenvalue weighted by atomic mass is 10.2. The van der Waals surface area contributed by atoms with Crippen molar-refractivity contribution < 1.29 is 4.79 Å². The highest BCUT2D eigenvalue weighted by molar-refractivity contribution is 7.21. The molecule has 0 bridgehead atoms. The lowest BCUT2D eigenvalue weighted by Crippen LogP contribution is -2.30. The van der Waals surface area contributed by atoms with E-state index in [1.54, 1.807) is 4.90 Å². The summed E-state index contributed by atoms with van der Waals surface area (Å²) in [5, 5.41) is 0.980. The number of hydrogen-bond donors (Lipinski definition) is 1. The molecule has 0 fully saturated rings. The van der Waals surface area contributed by atoms with Crippen LogP contribution in [-0.2, 0) is 0 Å². The third-order valence-corrected chi connectivity index (χ3v) is 4.05. The highest BCUT2D eigenvalue weighted by atomic mass is 32.1. The molecule has 17 heavy (non-hydrogen) atoms. The molecule has 0 unspecified atom stereocenters. The fourth-order valence-corrected chi connectivity index (χ4v) is 2.97. The molecule has 2 rings (SSSR count). The molecule has 3 nitrogen and oxygen atoms in total. The molecule has 2 N–H and O–H groups in total. The van der Waals surface area contributed by atoms with Crippen molar-refractivity contribution >= 4 is 33.0 Å². The number of anilines is 1. The Bertz CT molecular complexity index is 543. The molecule has 1 aromatic heterocycles. The number of nitrogen functional groups attached to an aromatic ring is 1. The molecular weight excluding hydrogens is 232 g/mol. The molecule has 0 saturated heterocycles. The van der Waals surface area contributed by atoms with Gasteiger partial charge in [0.25, 0.3) is 5.91 Å². The van der Waals surface area contributed by atoms with Crippen molar-refractivity contribution in [1.82, 2.24) is 4.90 Å². The predicted molar refractivity (Wildman–Crippen MR) is 73.5 cm³/mol. The molecule has 0 spiro atoms. The summed E-state index contributed by atoms with van der Waals surface area (Å²) >= 11 is 1.47. The van der Waals surface area contributed by atoms with Gasteiger partial charge in [0.15, 0.2) is 0 Å². The van der Waals surface area contributed by atoms with E-state index in [0.29, 0.717) is 23.7 Å². The number of rotatable bonds is 3. The fraction of sp³-hybridized carbons (Fsp3) is 0.308. The summed E-state index contributed by atoms with van der Waals surface area (Å²) in [6.07, 6.45) is 0. The molecule has 0 aliphatic heterocycles. The highest BCUT2D eigenvalue weighted by Crippen LogP contribution is 2.34. The Labute approximate surface area is 105 Å². The van der Waals surface area contributed by atoms with E-state index in [4.69, 9.17) is 5.73 Å². The van der Waals surface area contributed by atoms with Crippen LogP contribution in [0, 0.1) is 0 Å². The van der Waals surface area contributed by atoms with Gasteiger partial charge in [-0.25, -0.2) is 0 Å². The maximum absolute atomic E-state index is 12.3. The Morgan fingerprint density at radius 3 is 2.53 bits per heavy atom. The van der Waals surface area contributed by atoms with Gasteiger partial charge in [-0.2, -0.15) is 0 Å². The monoisotopic (exact) mass is 248 g/mol. The van der Waals surface area contributed by atoms with Crippen molar-refractivity contribution in [1.29, 1.82) is 0 Å². The van der Waals surface area contributed by atoms with Crippen LogP contribution in [0.3, 0.4) is 0 Å². The first-order valence-electron chi connectivity index (χ1n) is 5.75. The Kier molecular flexibility index (Phi) is 3.33. The zero-order chi connectivity index (χ0) is 12.4. The second-order valence-corrected chi connectivity index (χ2v) is 4.87. The minimum Gasteiger partial charge on any atom is -0.397 e. The molecule has 90 valence electrons. The Balaban J connectivity index is 2.49. The molecule has 1 amide bonds. The zero-order valence-corrected chi connectivity index (χ0v) is 10.9. The molecule has 0 saturated carbocycles. The van der Waals surface area contributed by atoms with E-state index < -0.39 is 0 Å². The number of fused-ring (bicyclic) bond motifs is 1. The average Bonchev–Trinajstić information content (AvgIpc) is 2.69. The first-order chi connectivity index (χ1) is 8.19. The molecule has 0 radical (unpaired) electrons. The zero-order valence-electron chi connectivity index (χ0n) is 10.1. The van der Waals surface area contributed by atoms with Crippen LogP contribution in [-0.4, -0.2) is 23.9 Å². The van der Waals surface area contributed by atoms with Gasteiger partial charge >= 0.3 is 0 Å². The summed E-state index contributed by atoms with van der Waals surface area (Å²) in [7, 11) is 0. The van der Waals surface area contributed by atoms with Crippen molar-refractivity contribution in [3.05, 3.63) is 29.1 Å². The number of thiophene rings is 1. The van der Waals surface area contributed by atoms with Crippen LogP contribution in [0.5, 0.6) is 0 Å². The predicted octanol–water partition coefficient (Wildman–Crippen LogP) is 2.97. The maximum atomic E-state index is 12.3. The normalized spacial score (nSPS) is 10.7.